The quantitative estimate of drug-likeness (QED) is 0.718. The van der Waals surface area contributed by atoms with Crippen LogP contribution in [0.2, 0.25) is 0 Å². The van der Waals surface area contributed by atoms with Gasteiger partial charge in [0, 0.05) is 13.0 Å². The SMILES string of the molecule is Cc1nc(C(C)CCN)n(C)n1. The summed E-state index contributed by atoms with van der Waals surface area (Å²) in [6, 6.07) is 0. The Labute approximate surface area is 72.8 Å². The molecule has 0 aromatic carbocycles. The summed E-state index contributed by atoms with van der Waals surface area (Å²) in [5.41, 5.74) is 5.47. The Kier molecular flexibility index (Phi) is 2.81. The first-order valence-corrected chi connectivity index (χ1v) is 4.22. The molecule has 1 rings (SSSR count). The molecule has 1 aromatic rings. The van der Waals surface area contributed by atoms with Crippen molar-refractivity contribution in [2.24, 2.45) is 12.8 Å². The molecule has 0 amide bonds. The van der Waals surface area contributed by atoms with Crippen LogP contribution in [0, 0.1) is 6.92 Å². The second kappa shape index (κ2) is 3.67. The minimum absolute atomic E-state index is 0.404. The van der Waals surface area contributed by atoms with Gasteiger partial charge in [-0.1, -0.05) is 6.92 Å². The standard InChI is InChI=1S/C8H16N4/c1-6(4-5-9)8-10-7(2)11-12(8)3/h6H,4-5,9H2,1-3H3. The maximum atomic E-state index is 5.47. The maximum absolute atomic E-state index is 5.47. The van der Waals surface area contributed by atoms with Crippen molar-refractivity contribution in [2.45, 2.75) is 26.2 Å². The predicted octanol–water partition coefficient (Wildman–Crippen LogP) is 0.576. The Hall–Kier alpha value is -0.900. The zero-order chi connectivity index (χ0) is 9.14. The Morgan fingerprint density at radius 2 is 2.25 bits per heavy atom. The van der Waals surface area contributed by atoms with Crippen LogP contribution in [0.25, 0.3) is 0 Å². The summed E-state index contributed by atoms with van der Waals surface area (Å²) in [6.07, 6.45) is 0.964. The smallest absolute Gasteiger partial charge is 0.147 e. The van der Waals surface area contributed by atoms with E-state index in [9.17, 15) is 0 Å². The number of nitrogens with two attached hydrogens (primary N) is 1. The van der Waals surface area contributed by atoms with E-state index in [4.69, 9.17) is 5.73 Å². The van der Waals surface area contributed by atoms with Crippen molar-refractivity contribution in [1.82, 2.24) is 14.8 Å². The topological polar surface area (TPSA) is 56.7 Å². The monoisotopic (exact) mass is 168 g/mol. The Balaban J connectivity index is 2.79. The van der Waals surface area contributed by atoms with Crippen LogP contribution < -0.4 is 5.73 Å². The number of nitrogens with zero attached hydrogens (tertiary/aromatic N) is 3. The molecule has 4 heteroatoms. The van der Waals surface area contributed by atoms with Gasteiger partial charge in [0.05, 0.1) is 0 Å². The number of aryl methyl sites for hydroxylation is 2. The zero-order valence-electron chi connectivity index (χ0n) is 7.91. The number of rotatable bonds is 3. The van der Waals surface area contributed by atoms with Gasteiger partial charge in [-0.25, -0.2) is 4.98 Å². The summed E-state index contributed by atoms with van der Waals surface area (Å²) >= 11 is 0. The third-order valence-electron chi connectivity index (χ3n) is 1.94. The molecule has 4 nitrogen and oxygen atoms in total. The molecule has 1 aromatic heterocycles. The van der Waals surface area contributed by atoms with Crippen LogP contribution >= 0.6 is 0 Å². The third-order valence-corrected chi connectivity index (χ3v) is 1.94. The largest absolute Gasteiger partial charge is 0.330 e. The zero-order valence-corrected chi connectivity index (χ0v) is 7.91. The van der Waals surface area contributed by atoms with Crippen LogP contribution in [-0.4, -0.2) is 21.3 Å². The van der Waals surface area contributed by atoms with Crippen molar-refractivity contribution in [1.29, 1.82) is 0 Å². The highest BCUT2D eigenvalue weighted by Crippen LogP contribution is 2.14. The van der Waals surface area contributed by atoms with Gasteiger partial charge in [0.15, 0.2) is 0 Å². The fraction of sp³-hybridized carbons (Fsp3) is 0.750. The molecular weight excluding hydrogens is 152 g/mol. The molecule has 0 spiro atoms. The lowest BCUT2D eigenvalue weighted by molar-refractivity contribution is 0.592. The van der Waals surface area contributed by atoms with E-state index in [2.05, 4.69) is 17.0 Å². The minimum Gasteiger partial charge on any atom is -0.330 e. The lowest BCUT2D eigenvalue weighted by atomic mass is 10.1. The Morgan fingerprint density at radius 1 is 1.58 bits per heavy atom. The van der Waals surface area contributed by atoms with Crippen LogP contribution in [-0.2, 0) is 7.05 Å². The molecule has 1 heterocycles. The van der Waals surface area contributed by atoms with E-state index >= 15 is 0 Å². The van der Waals surface area contributed by atoms with Crippen LogP contribution in [0.15, 0.2) is 0 Å². The van der Waals surface area contributed by atoms with Gasteiger partial charge in [-0.3, -0.25) is 4.68 Å². The first-order valence-electron chi connectivity index (χ1n) is 4.22. The third kappa shape index (κ3) is 1.82. The summed E-state index contributed by atoms with van der Waals surface area (Å²) in [7, 11) is 1.92. The molecule has 12 heavy (non-hydrogen) atoms. The highest BCUT2D eigenvalue weighted by Gasteiger charge is 2.11. The molecule has 0 saturated carbocycles. The molecule has 1 atom stereocenters. The van der Waals surface area contributed by atoms with Gasteiger partial charge in [0.2, 0.25) is 0 Å². The van der Waals surface area contributed by atoms with E-state index < -0.39 is 0 Å². The Morgan fingerprint density at radius 3 is 2.67 bits per heavy atom. The fourth-order valence-electron chi connectivity index (χ4n) is 1.34. The second-order valence-corrected chi connectivity index (χ2v) is 3.12. The molecule has 0 aliphatic rings. The van der Waals surface area contributed by atoms with E-state index in [0.717, 1.165) is 18.1 Å². The Bertz CT molecular complexity index is 254. The molecule has 68 valence electrons. The van der Waals surface area contributed by atoms with Crippen LogP contribution in [0.3, 0.4) is 0 Å². The first-order chi connectivity index (χ1) is 5.65. The van der Waals surface area contributed by atoms with Gasteiger partial charge in [0.1, 0.15) is 11.6 Å². The van der Waals surface area contributed by atoms with Crippen molar-refractivity contribution in [3.05, 3.63) is 11.6 Å². The van der Waals surface area contributed by atoms with Crippen molar-refractivity contribution in [3.8, 4) is 0 Å². The number of aromatic nitrogens is 3. The molecular formula is C8H16N4. The minimum atomic E-state index is 0.404. The molecule has 0 bridgehead atoms. The lowest BCUT2D eigenvalue weighted by Crippen LogP contribution is -2.09. The summed E-state index contributed by atoms with van der Waals surface area (Å²) in [5.74, 6) is 2.26. The van der Waals surface area contributed by atoms with E-state index in [1.54, 1.807) is 0 Å². The average molecular weight is 168 g/mol. The molecule has 0 radical (unpaired) electrons. The van der Waals surface area contributed by atoms with Crippen molar-refractivity contribution in [3.63, 3.8) is 0 Å². The van der Waals surface area contributed by atoms with Crippen LogP contribution in [0.1, 0.15) is 30.9 Å². The van der Waals surface area contributed by atoms with Crippen LogP contribution in [0.4, 0.5) is 0 Å². The second-order valence-electron chi connectivity index (χ2n) is 3.12. The van der Waals surface area contributed by atoms with E-state index in [-0.39, 0.29) is 0 Å². The highest BCUT2D eigenvalue weighted by atomic mass is 15.3. The molecule has 0 saturated heterocycles. The molecule has 0 aliphatic carbocycles. The normalized spacial score (nSPS) is 13.3. The molecule has 0 fully saturated rings. The summed E-state index contributed by atoms with van der Waals surface area (Å²) in [5, 5.41) is 4.18. The molecule has 0 aliphatic heterocycles. The summed E-state index contributed by atoms with van der Waals surface area (Å²) in [6.45, 7) is 4.72. The van der Waals surface area contributed by atoms with Gasteiger partial charge >= 0.3 is 0 Å². The van der Waals surface area contributed by atoms with Gasteiger partial charge < -0.3 is 5.73 Å². The summed E-state index contributed by atoms with van der Waals surface area (Å²) in [4.78, 5) is 4.33. The highest BCUT2D eigenvalue weighted by molar-refractivity contribution is 4.97. The number of hydrogen-bond acceptors (Lipinski definition) is 3. The van der Waals surface area contributed by atoms with E-state index in [1.807, 2.05) is 18.7 Å². The van der Waals surface area contributed by atoms with Gasteiger partial charge in [-0.05, 0) is 19.9 Å². The van der Waals surface area contributed by atoms with Crippen molar-refractivity contribution >= 4 is 0 Å². The van der Waals surface area contributed by atoms with Crippen molar-refractivity contribution in [2.75, 3.05) is 6.54 Å². The van der Waals surface area contributed by atoms with Gasteiger partial charge in [0.25, 0.3) is 0 Å². The molecule has 1 unspecified atom stereocenters. The molecule has 2 N–H and O–H groups in total. The van der Waals surface area contributed by atoms with Gasteiger partial charge in [-0.2, -0.15) is 5.10 Å². The summed E-state index contributed by atoms with van der Waals surface area (Å²) < 4.78 is 1.83. The van der Waals surface area contributed by atoms with Gasteiger partial charge in [-0.15, -0.1) is 0 Å². The number of hydrogen-bond donors (Lipinski definition) is 1. The van der Waals surface area contributed by atoms with E-state index in [0.29, 0.717) is 12.5 Å². The predicted molar refractivity (Wildman–Crippen MR) is 47.8 cm³/mol. The van der Waals surface area contributed by atoms with E-state index in [1.165, 1.54) is 0 Å². The average Bonchev–Trinajstić information content (AvgIpc) is 2.30. The van der Waals surface area contributed by atoms with Crippen molar-refractivity contribution < 1.29 is 0 Å². The first kappa shape index (κ1) is 9.19. The van der Waals surface area contributed by atoms with Crippen LogP contribution in [0.5, 0.6) is 0 Å². The maximum Gasteiger partial charge on any atom is 0.147 e. The lowest BCUT2D eigenvalue weighted by Gasteiger charge is -2.07. The fourth-order valence-corrected chi connectivity index (χ4v) is 1.34.